The molecule has 0 radical (unpaired) electrons. The zero-order valence-electron chi connectivity index (χ0n) is 18.7. The van der Waals surface area contributed by atoms with Crippen LogP contribution in [0.25, 0.3) is 10.2 Å². The number of aromatic nitrogens is 4. The van der Waals surface area contributed by atoms with Crippen LogP contribution in [0.5, 0.6) is 0 Å². The molecule has 4 aromatic rings. The van der Waals surface area contributed by atoms with Crippen LogP contribution < -0.4 is 0 Å². The zero-order chi connectivity index (χ0) is 22.6. The lowest BCUT2D eigenvalue weighted by Gasteiger charge is -2.31. The van der Waals surface area contributed by atoms with Crippen LogP contribution in [0.2, 0.25) is 0 Å². The molecule has 1 saturated heterocycles. The van der Waals surface area contributed by atoms with E-state index in [1.54, 1.807) is 11.3 Å². The van der Waals surface area contributed by atoms with Crippen molar-refractivity contribution in [1.82, 2.24) is 24.6 Å². The molecule has 1 fully saturated rings. The van der Waals surface area contributed by atoms with Crippen LogP contribution in [0.1, 0.15) is 42.1 Å². The van der Waals surface area contributed by atoms with Gasteiger partial charge in [-0.2, -0.15) is 0 Å². The van der Waals surface area contributed by atoms with Gasteiger partial charge in [-0.15, -0.1) is 21.5 Å². The number of piperidine rings is 1. The van der Waals surface area contributed by atoms with E-state index in [0.29, 0.717) is 11.7 Å². The molecule has 0 N–H and O–H groups in total. The summed E-state index contributed by atoms with van der Waals surface area (Å²) in [5, 5.41) is 10.8. The van der Waals surface area contributed by atoms with E-state index in [-0.39, 0.29) is 5.91 Å². The standard InChI is InChI=1S/C25H27N5OS2/c1-2-30-22(16-18-8-4-3-5-9-18)27-28-25(30)32-17-23(31)29-14-12-19(13-15-29)24-26-20-10-6-7-11-21(20)33-24/h3-11,19H,2,12-17H2,1H3. The third-order valence-electron chi connectivity index (χ3n) is 6.15. The van der Waals surface area contributed by atoms with Gasteiger partial charge in [0.05, 0.1) is 21.0 Å². The Labute approximate surface area is 202 Å². The number of carbonyl (C=O) groups is 1. The van der Waals surface area contributed by atoms with Gasteiger partial charge in [0.1, 0.15) is 5.82 Å². The van der Waals surface area contributed by atoms with Crippen LogP contribution in [0.4, 0.5) is 0 Å². The highest BCUT2D eigenvalue weighted by Crippen LogP contribution is 2.34. The summed E-state index contributed by atoms with van der Waals surface area (Å²) in [4.78, 5) is 19.7. The van der Waals surface area contributed by atoms with Crippen molar-refractivity contribution < 1.29 is 4.79 Å². The molecule has 0 spiro atoms. The van der Waals surface area contributed by atoms with Crippen LogP contribution in [-0.2, 0) is 17.8 Å². The molecule has 1 aliphatic heterocycles. The first-order valence-electron chi connectivity index (χ1n) is 11.4. The van der Waals surface area contributed by atoms with E-state index in [1.807, 2.05) is 29.2 Å². The molecule has 6 nitrogen and oxygen atoms in total. The van der Waals surface area contributed by atoms with Crippen molar-refractivity contribution in [3.05, 3.63) is 71.0 Å². The Morgan fingerprint density at radius 1 is 1.06 bits per heavy atom. The van der Waals surface area contributed by atoms with Crippen LogP contribution >= 0.6 is 23.1 Å². The molecule has 170 valence electrons. The minimum Gasteiger partial charge on any atom is -0.342 e. The molecule has 8 heteroatoms. The van der Waals surface area contributed by atoms with Gasteiger partial charge >= 0.3 is 0 Å². The molecule has 3 heterocycles. The molecular formula is C25H27N5OS2. The molecule has 0 aliphatic carbocycles. The van der Waals surface area contributed by atoms with E-state index < -0.39 is 0 Å². The maximum atomic E-state index is 12.9. The van der Waals surface area contributed by atoms with Gasteiger partial charge in [-0.3, -0.25) is 4.79 Å². The molecule has 0 unspecified atom stereocenters. The normalized spacial score (nSPS) is 14.8. The number of fused-ring (bicyclic) bond motifs is 1. The second kappa shape index (κ2) is 10.1. The number of amides is 1. The molecule has 2 aromatic carbocycles. The fourth-order valence-electron chi connectivity index (χ4n) is 4.31. The first-order valence-corrected chi connectivity index (χ1v) is 13.2. The van der Waals surface area contributed by atoms with Crippen molar-refractivity contribution in [2.24, 2.45) is 0 Å². The molecule has 1 amide bonds. The number of nitrogens with zero attached hydrogens (tertiary/aromatic N) is 5. The van der Waals surface area contributed by atoms with Crippen LogP contribution in [0, 0.1) is 0 Å². The molecule has 0 atom stereocenters. The fraction of sp³-hybridized carbons (Fsp3) is 0.360. The molecule has 2 aromatic heterocycles. The molecular weight excluding hydrogens is 450 g/mol. The van der Waals surface area contributed by atoms with Gasteiger partial charge in [-0.25, -0.2) is 4.98 Å². The van der Waals surface area contributed by atoms with Crippen LogP contribution in [0.3, 0.4) is 0 Å². The number of rotatable bonds is 7. The van der Waals surface area contributed by atoms with Gasteiger partial charge in [0.15, 0.2) is 5.16 Å². The van der Waals surface area contributed by atoms with E-state index in [1.165, 1.54) is 27.0 Å². The summed E-state index contributed by atoms with van der Waals surface area (Å²) >= 11 is 3.28. The Bertz CT molecular complexity index is 1200. The lowest BCUT2D eigenvalue weighted by molar-refractivity contribution is -0.129. The summed E-state index contributed by atoms with van der Waals surface area (Å²) in [7, 11) is 0. The Morgan fingerprint density at radius 3 is 2.58 bits per heavy atom. The van der Waals surface area contributed by atoms with E-state index in [0.717, 1.165) is 55.4 Å². The Balaban J connectivity index is 1.16. The highest BCUT2D eigenvalue weighted by molar-refractivity contribution is 7.99. The number of para-hydroxylation sites is 1. The van der Waals surface area contributed by atoms with Gasteiger partial charge in [0.2, 0.25) is 5.91 Å². The van der Waals surface area contributed by atoms with Crippen molar-refractivity contribution in [2.45, 2.75) is 43.8 Å². The first kappa shape index (κ1) is 22.1. The Kier molecular flexibility index (Phi) is 6.73. The van der Waals surface area contributed by atoms with Crippen LogP contribution in [-0.4, -0.2) is 49.4 Å². The second-order valence-electron chi connectivity index (χ2n) is 8.27. The number of carbonyl (C=O) groups excluding carboxylic acids is 1. The number of benzene rings is 2. The Hall–Kier alpha value is -2.71. The number of thiazole rings is 1. The van der Waals surface area contributed by atoms with Crippen molar-refractivity contribution in [3.8, 4) is 0 Å². The minimum absolute atomic E-state index is 0.179. The lowest BCUT2D eigenvalue weighted by Crippen LogP contribution is -2.39. The Morgan fingerprint density at radius 2 is 1.82 bits per heavy atom. The highest BCUT2D eigenvalue weighted by Gasteiger charge is 2.26. The van der Waals surface area contributed by atoms with Gasteiger partial charge in [0.25, 0.3) is 0 Å². The van der Waals surface area contributed by atoms with Crippen molar-refractivity contribution >= 4 is 39.2 Å². The minimum atomic E-state index is 0.179. The zero-order valence-corrected chi connectivity index (χ0v) is 20.3. The highest BCUT2D eigenvalue weighted by atomic mass is 32.2. The monoisotopic (exact) mass is 477 g/mol. The lowest BCUT2D eigenvalue weighted by atomic mass is 9.97. The number of likely N-dealkylation sites (tertiary alicyclic amines) is 1. The van der Waals surface area contributed by atoms with Gasteiger partial charge in [0, 0.05) is 32.0 Å². The SMILES string of the molecule is CCn1c(Cc2ccccc2)nnc1SCC(=O)N1CCC(c2nc3ccccc3s2)CC1. The summed E-state index contributed by atoms with van der Waals surface area (Å²) in [5.74, 6) is 1.96. The number of hydrogen-bond donors (Lipinski definition) is 0. The third kappa shape index (κ3) is 4.96. The van der Waals surface area contributed by atoms with Crippen molar-refractivity contribution in [3.63, 3.8) is 0 Å². The maximum Gasteiger partial charge on any atom is 0.233 e. The quantitative estimate of drug-likeness (QED) is 0.351. The van der Waals surface area contributed by atoms with Gasteiger partial charge < -0.3 is 9.47 Å². The topological polar surface area (TPSA) is 63.9 Å². The largest absolute Gasteiger partial charge is 0.342 e. The van der Waals surface area contributed by atoms with E-state index in [2.05, 4.69) is 52.0 Å². The molecule has 1 aliphatic rings. The summed E-state index contributed by atoms with van der Waals surface area (Å²) in [6.07, 6.45) is 2.70. The fourth-order valence-corrected chi connectivity index (χ4v) is 6.37. The first-order chi connectivity index (χ1) is 16.2. The molecule has 5 rings (SSSR count). The van der Waals surface area contributed by atoms with Crippen molar-refractivity contribution in [2.75, 3.05) is 18.8 Å². The molecule has 33 heavy (non-hydrogen) atoms. The second-order valence-corrected chi connectivity index (χ2v) is 10.3. The average Bonchev–Trinajstić information content (AvgIpc) is 3.47. The predicted molar refractivity (Wildman–Crippen MR) is 134 cm³/mol. The maximum absolute atomic E-state index is 12.9. The molecule has 0 saturated carbocycles. The third-order valence-corrected chi connectivity index (χ3v) is 8.30. The predicted octanol–water partition coefficient (Wildman–Crippen LogP) is 5.00. The smallest absolute Gasteiger partial charge is 0.233 e. The van der Waals surface area contributed by atoms with E-state index >= 15 is 0 Å². The van der Waals surface area contributed by atoms with Gasteiger partial charge in [-0.1, -0.05) is 54.2 Å². The number of thioether (sulfide) groups is 1. The average molecular weight is 478 g/mol. The summed E-state index contributed by atoms with van der Waals surface area (Å²) in [6, 6.07) is 18.6. The summed E-state index contributed by atoms with van der Waals surface area (Å²) in [6.45, 7) is 4.47. The number of hydrogen-bond acceptors (Lipinski definition) is 6. The van der Waals surface area contributed by atoms with E-state index in [9.17, 15) is 4.79 Å². The van der Waals surface area contributed by atoms with Crippen LogP contribution in [0.15, 0.2) is 59.8 Å². The van der Waals surface area contributed by atoms with Crippen molar-refractivity contribution in [1.29, 1.82) is 0 Å². The summed E-state index contributed by atoms with van der Waals surface area (Å²) < 4.78 is 3.36. The molecule has 0 bridgehead atoms. The summed E-state index contributed by atoms with van der Waals surface area (Å²) in [5.41, 5.74) is 2.29. The van der Waals surface area contributed by atoms with Gasteiger partial charge in [-0.05, 0) is 37.5 Å². The van der Waals surface area contributed by atoms with E-state index in [4.69, 9.17) is 4.98 Å².